The highest BCUT2D eigenvalue weighted by Gasteiger charge is 2.28. The molecule has 9 heteroatoms. The van der Waals surface area contributed by atoms with Crippen molar-refractivity contribution in [1.29, 1.82) is 0 Å². The van der Waals surface area contributed by atoms with Crippen molar-refractivity contribution in [2.24, 2.45) is 0 Å². The molecule has 0 spiro atoms. The fourth-order valence-corrected chi connectivity index (χ4v) is 2.00. The maximum absolute atomic E-state index is 11.9. The Kier molecular flexibility index (Phi) is 9.72. The van der Waals surface area contributed by atoms with Crippen LogP contribution in [0.15, 0.2) is 0 Å². The molecule has 0 aromatic heterocycles. The predicted molar refractivity (Wildman–Crippen MR) is 68.7 cm³/mol. The summed E-state index contributed by atoms with van der Waals surface area (Å²) < 4.78 is 35.8. The van der Waals surface area contributed by atoms with Gasteiger partial charge < -0.3 is 20.4 Å². The summed E-state index contributed by atoms with van der Waals surface area (Å²) in [4.78, 5) is 21.7. The van der Waals surface area contributed by atoms with Crippen LogP contribution in [0.2, 0.25) is 0 Å². The number of rotatable bonds is 5. The van der Waals surface area contributed by atoms with Gasteiger partial charge >= 0.3 is 6.18 Å². The predicted octanol–water partition coefficient (Wildman–Crippen LogP) is 0.603. The first kappa shape index (κ1) is 19.7. The molecule has 1 heterocycles. The molecule has 0 unspecified atom stereocenters. The lowest BCUT2D eigenvalue weighted by Crippen LogP contribution is -2.45. The lowest BCUT2D eigenvalue weighted by Gasteiger charge is -2.31. The van der Waals surface area contributed by atoms with E-state index in [9.17, 15) is 18.0 Å². The highest BCUT2D eigenvalue weighted by atomic mass is 19.4. The number of carboxylic acid groups (broad SMARTS) is 1. The van der Waals surface area contributed by atoms with E-state index in [4.69, 9.17) is 15.0 Å². The Morgan fingerprint density at radius 2 is 1.86 bits per heavy atom. The number of aliphatic hydroxyl groups is 1. The van der Waals surface area contributed by atoms with Crippen molar-refractivity contribution in [3.8, 4) is 0 Å². The number of halogens is 3. The number of hydrogen-bond acceptors (Lipinski definition) is 4. The summed E-state index contributed by atoms with van der Waals surface area (Å²) in [5.41, 5.74) is 0. The van der Waals surface area contributed by atoms with E-state index in [1.807, 2.05) is 0 Å². The van der Waals surface area contributed by atoms with Crippen LogP contribution in [-0.4, -0.2) is 66.0 Å². The largest absolute Gasteiger partial charge is 0.483 e. The summed E-state index contributed by atoms with van der Waals surface area (Å²) in [5, 5.41) is 18.3. The number of piperidine rings is 1. The molecule has 0 radical (unpaired) electrons. The lowest BCUT2D eigenvalue weighted by atomic mass is 10.0. The monoisotopic (exact) mass is 314 g/mol. The molecule has 0 aliphatic carbocycles. The molecule has 0 aromatic rings. The average molecular weight is 314 g/mol. The van der Waals surface area contributed by atoms with Crippen molar-refractivity contribution >= 4 is 12.4 Å². The molecule has 0 atom stereocenters. The number of alkyl halides is 3. The summed E-state index contributed by atoms with van der Waals surface area (Å²) in [6.07, 6.45) is -4.40. The van der Waals surface area contributed by atoms with Crippen molar-refractivity contribution in [1.82, 2.24) is 10.2 Å². The number of likely N-dealkylation sites (tertiary alicyclic amines) is 1. The molecule has 6 nitrogen and oxygen atoms in total. The van der Waals surface area contributed by atoms with E-state index in [1.54, 1.807) is 0 Å². The second kappa shape index (κ2) is 10.4. The molecule has 124 valence electrons. The van der Waals surface area contributed by atoms with E-state index in [1.165, 1.54) is 0 Å². The molecule has 3 N–H and O–H groups in total. The highest BCUT2D eigenvalue weighted by Crippen LogP contribution is 2.21. The van der Waals surface area contributed by atoms with Crippen molar-refractivity contribution < 1.29 is 33.0 Å². The van der Waals surface area contributed by atoms with Gasteiger partial charge in [-0.05, 0) is 12.8 Å². The molecule has 1 amide bonds. The lowest BCUT2D eigenvalue weighted by molar-refractivity contribution is -0.144. The second-order valence-electron chi connectivity index (χ2n) is 4.63. The van der Waals surface area contributed by atoms with Gasteiger partial charge in [0.1, 0.15) is 0 Å². The maximum Gasteiger partial charge on any atom is 0.389 e. The minimum Gasteiger partial charge on any atom is -0.483 e. The standard InChI is InChI=1S/C11H19F3N2O2.CH2O2/c12-11(13,14)4-1-10(18)15-9-2-5-16(6-3-9)7-8-17;2-1-3/h9,17H,1-8H2,(H,15,18);1H,(H,2,3). The Morgan fingerprint density at radius 3 is 2.29 bits per heavy atom. The zero-order valence-electron chi connectivity index (χ0n) is 11.6. The second-order valence-corrected chi connectivity index (χ2v) is 4.63. The van der Waals surface area contributed by atoms with Gasteiger partial charge in [-0.25, -0.2) is 0 Å². The SMILES string of the molecule is O=C(CCC(F)(F)F)NC1CCN(CCO)CC1.O=CO. The average Bonchev–Trinajstić information content (AvgIpc) is 2.39. The minimum atomic E-state index is -4.28. The Morgan fingerprint density at radius 1 is 1.33 bits per heavy atom. The van der Waals surface area contributed by atoms with Crippen LogP contribution in [0, 0.1) is 0 Å². The molecule has 0 bridgehead atoms. The molecule has 1 aliphatic heterocycles. The number of nitrogens with one attached hydrogen (secondary N) is 1. The molecule has 1 fully saturated rings. The van der Waals surface area contributed by atoms with Gasteiger partial charge in [-0.3, -0.25) is 9.59 Å². The third-order valence-corrected chi connectivity index (χ3v) is 3.00. The van der Waals surface area contributed by atoms with E-state index in [2.05, 4.69) is 10.2 Å². The van der Waals surface area contributed by atoms with E-state index < -0.39 is 24.9 Å². The normalized spacial score (nSPS) is 16.8. The molecule has 0 aromatic carbocycles. The maximum atomic E-state index is 11.9. The van der Waals surface area contributed by atoms with Crippen LogP contribution in [0.25, 0.3) is 0 Å². The fraction of sp³-hybridized carbons (Fsp3) is 0.833. The van der Waals surface area contributed by atoms with E-state index >= 15 is 0 Å². The van der Waals surface area contributed by atoms with Gasteiger partial charge in [0.25, 0.3) is 6.47 Å². The zero-order valence-corrected chi connectivity index (χ0v) is 11.6. The summed E-state index contributed by atoms with van der Waals surface area (Å²) in [7, 11) is 0. The van der Waals surface area contributed by atoms with Crippen LogP contribution in [0.4, 0.5) is 13.2 Å². The number of nitrogens with zero attached hydrogens (tertiary/aromatic N) is 1. The Hall–Kier alpha value is -1.35. The van der Waals surface area contributed by atoms with Crippen molar-refractivity contribution in [2.45, 2.75) is 37.9 Å². The van der Waals surface area contributed by atoms with Gasteiger partial charge in [-0.15, -0.1) is 0 Å². The zero-order chi connectivity index (χ0) is 16.3. The first-order chi connectivity index (χ1) is 9.82. The summed E-state index contributed by atoms with van der Waals surface area (Å²) in [6.45, 7) is 1.97. The highest BCUT2D eigenvalue weighted by molar-refractivity contribution is 5.76. The van der Waals surface area contributed by atoms with Crippen LogP contribution in [0.1, 0.15) is 25.7 Å². The van der Waals surface area contributed by atoms with Crippen molar-refractivity contribution in [3.05, 3.63) is 0 Å². The molecule has 1 aliphatic rings. The molecule has 21 heavy (non-hydrogen) atoms. The molecule has 0 saturated carbocycles. The van der Waals surface area contributed by atoms with E-state index in [-0.39, 0.29) is 19.1 Å². The van der Waals surface area contributed by atoms with Gasteiger partial charge in [0.05, 0.1) is 13.0 Å². The van der Waals surface area contributed by atoms with Crippen molar-refractivity contribution in [2.75, 3.05) is 26.2 Å². The summed E-state index contributed by atoms with van der Waals surface area (Å²) in [6, 6.07) is -0.0410. The van der Waals surface area contributed by atoms with Crippen LogP contribution < -0.4 is 5.32 Å². The molecular weight excluding hydrogens is 293 g/mol. The number of amides is 1. The minimum absolute atomic E-state index is 0.0410. The first-order valence-electron chi connectivity index (χ1n) is 6.59. The quantitative estimate of drug-likeness (QED) is 0.647. The van der Waals surface area contributed by atoms with E-state index in [0.29, 0.717) is 6.54 Å². The number of β-amino-alcohol motifs (C(OH)–C–C–N with tert-alkyl or cyclic N) is 1. The number of carbonyl (C=O) groups excluding carboxylic acids is 1. The molecule has 1 rings (SSSR count). The fourth-order valence-electron chi connectivity index (χ4n) is 2.00. The Bertz CT molecular complexity index is 305. The van der Waals surface area contributed by atoms with Crippen LogP contribution in [-0.2, 0) is 9.59 Å². The van der Waals surface area contributed by atoms with Crippen LogP contribution in [0.5, 0.6) is 0 Å². The first-order valence-corrected chi connectivity index (χ1v) is 6.59. The number of aliphatic hydroxyl groups excluding tert-OH is 1. The summed E-state index contributed by atoms with van der Waals surface area (Å²) in [5.74, 6) is -0.534. The van der Waals surface area contributed by atoms with Crippen molar-refractivity contribution in [3.63, 3.8) is 0 Å². The van der Waals surface area contributed by atoms with E-state index in [0.717, 1.165) is 25.9 Å². The van der Waals surface area contributed by atoms with Gasteiger partial charge in [0.15, 0.2) is 0 Å². The Labute approximate surface area is 120 Å². The van der Waals surface area contributed by atoms with Crippen LogP contribution >= 0.6 is 0 Å². The van der Waals surface area contributed by atoms with Gasteiger partial charge in [0, 0.05) is 32.1 Å². The topological polar surface area (TPSA) is 89.9 Å². The van der Waals surface area contributed by atoms with Gasteiger partial charge in [-0.1, -0.05) is 0 Å². The molecular formula is C12H21F3N2O4. The third-order valence-electron chi connectivity index (χ3n) is 3.00. The van der Waals surface area contributed by atoms with Gasteiger partial charge in [-0.2, -0.15) is 13.2 Å². The van der Waals surface area contributed by atoms with Gasteiger partial charge in [0.2, 0.25) is 5.91 Å². The molecule has 1 saturated heterocycles. The Balaban J connectivity index is 0.00000122. The van der Waals surface area contributed by atoms with Crippen LogP contribution in [0.3, 0.4) is 0 Å². The number of carbonyl (C=O) groups is 2. The third kappa shape index (κ3) is 11.0. The summed E-state index contributed by atoms with van der Waals surface area (Å²) >= 11 is 0. The number of hydrogen-bond donors (Lipinski definition) is 3. The smallest absolute Gasteiger partial charge is 0.389 e.